The lowest BCUT2D eigenvalue weighted by Gasteiger charge is -2.38. The largest absolute Gasteiger partial charge is 0.495 e. The van der Waals surface area contributed by atoms with Crippen molar-refractivity contribution in [3.05, 3.63) is 59.1 Å². The zero-order valence-corrected chi connectivity index (χ0v) is 16.6. The molecule has 0 aromatic heterocycles. The standard InChI is InChI=1S/C21H26ClN3O2/c1-3-24-11-13-25(14-12-24)20(16-7-5-4-6-8-16)21(26)23-17-9-10-19(27-2)18(22)15-17/h4-10,15,20H,3,11-14H2,1-2H3,(H,23,26)/t20-/m1/s1. The van der Waals surface area contributed by atoms with Gasteiger partial charge >= 0.3 is 0 Å². The van der Waals surface area contributed by atoms with Gasteiger partial charge in [0.25, 0.3) is 0 Å². The second kappa shape index (κ2) is 9.22. The predicted molar refractivity (Wildman–Crippen MR) is 110 cm³/mol. The lowest BCUT2D eigenvalue weighted by molar-refractivity contribution is -0.122. The maximum atomic E-state index is 13.2. The molecule has 144 valence electrons. The van der Waals surface area contributed by atoms with Crippen LogP contribution in [0.5, 0.6) is 5.75 Å². The van der Waals surface area contributed by atoms with Crippen molar-refractivity contribution in [2.45, 2.75) is 13.0 Å². The Balaban J connectivity index is 1.80. The Morgan fingerprint density at radius 2 is 1.85 bits per heavy atom. The van der Waals surface area contributed by atoms with Crippen LogP contribution < -0.4 is 10.1 Å². The van der Waals surface area contributed by atoms with Crippen LogP contribution >= 0.6 is 11.6 Å². The van der Waals surface area contributed by atoms with Crippen LogP contribution in [0.2, 0.25) is 5.02 Å². The van der Waals surface area contributed by atoms with E-state index in [2.05, 4.69) is 22.0 Å². The fourth-order valence-electron chi connectivity index (χ4n) is 3.46. The maximum Gasteiger partial charge on any atom is 0.246 e. The highest BCUT2D eigenvalue weighted by molar-refractivity contribution is 6.32. The number of halogens is 1. The molecule has 1 aliphatic heterocycles. The van der Waals surface area contributed by atoms with E-state index in [-0.39, 0.29) is 11.9 Å². The fraction of sp³-hybridized carbons (Fsp3) is 0.381. The SMILES string of the molecule is CCN1CCN([C@@H](C(=O)Nc2ccc(OC)c(Cl)c2)c2ccccc2)CC1. The number of carbonyl (C=O) groups is 1. The van der Waals surface area contributed by atoms with Gasteiger partial charge in [-0.2, -0.15) is 0 Å². The summed E-state index contributed by atoms with van der Waals surface area (Å²) in [5, 5.41) is 3.50. The summed E-state index contributed by atoms with van der Waals surface area (Å²) in [6, 6.07) is 14.9. The van der Waals surface area contributed by atoms with Gasteiger partial charge in [-0.1, -0.05) is 48.9 Å². The molecule has 0 saturated carbocycles. The van der Waals surface area contributed by atoms with Crippen LogP contribution in [0.3, 0.4) is 0 Å². The molecule has 27 heavy (non-hydrogen) atoms. The normalized spacial score (nSPS) is 16.7. The minimum absolute atomic E-state index is 0.0487. The average Bonchev–Trinajstić information content (AvgIpc) is 2.70. The van der Waals surface area contributed by atoms with Crippen LogP contribution in [0.25, 0.3) is 0 Å². The molecule has 0 spiro atoms. The van der Waals surface area contributed by atoms with Crippen LogP contribution in [0.1, 0.15) is 18.5 Å². The van der Waals surface area contributed by atoms with Crippen molar-refractivity contribution < 1.29 is 9.53 Å². The summed E-state index contributed by atoms with van der Waals surface area (Å²) in [7, 11) is 1.57. The van der Waals surface area contributed by atoms with Crippen LogP contribution in [0.15, 0.2) is 48.5 Å². The van der Waals surface area contributed by atoms with Gasteiger partial charge in [0.1, 0.15) is 11.8 Å². The summed E-state index contributed by atoms with van der Waals surface area (Å²) in [6.07, 6.45) is 0. The lowest BCUT2D eigenvalue weighted by atomic mass is 10.0. The Hall–Kier alpha value is -2.08. The summed E-state index contributed by atoms with van der Waals surface area (Å²) < 4.78 is 5.18. The summed E-state index contributed by atoms with van der Waals surface area (Å²) in [5.74, 6) is 0.539. The molecule has 1 atom stereocenters. The molecule has 0 unspecified atom stereocenters. The van der Waals surface area contributed by atoms with Gasteiger partial charge in [-0.15, -0.1) is 0 Å². The van der Waals surface area contributed by atoms with Gasteiger partial charge in [0.2, 0.25) is 5.91 Å². The van der Waals surface area contributed by atoms with Crippen LogP contribution in [0, 0.1) is 0 Å². The Labute approximate surface area is 165 Å². The summed E-state index contributed by atoms with van der Waals surface area (Å²) in [4.78, 5) is 17.8. The minimum Gasteiger partial charge on any atom is -0.495 e. The number of nitrogens with zero attached hydrogens (tertiary/aromatic N) is 2. The molecule has 1 fully saturated rings. The smallest absolute Gasteiger partial charge is 0.246 e. The Morgan fingerprint density at radius 3 is 2.44 bits per heavy atom. The minimum atomic E-state index is -0.328. The van der Waals surface area contributed by atoms with E-state index in [1.165, 1.54) is 0 Å². The second-order valence-corrected chi connectivity index (χ2v) is 7.03. The van der Waals surface area contributed by atoms with Crippen molar-refractivity contribution in [3.8, 4) is 5.75 Å². The van der Waals surface area contributed by atoms with Crippen molar-refractivity contribution in [2.75, 3.05) is 45.2 Å². The first kappa shape index (κ1) is 19.7. The number of methoxy groups -OCH3 is 1. The molecular weight excluding hydrogens is 362 g/mol. The molecule has 2 aromatic carbocycles. The third-order valence-electron chi connectivity index (χ3n) is 5.00. The summed E-state index contributed by atoms with van der Waals surface area (Å²) >= 11 is 6.20. The van der Waals surface area contributed by atoms with Crippen molar-refractivity contribution in [1.29, 1.82) is 0 Å². The Morgan fingerprint density at radius 1 is 1.15 bits per heavy atom. The van der Waals surface area contributed by atoms with E-state index >= 15 is 0 Å². The lowest BCUT2D eigenvalue weighted by Crippen LogP contribution is -2.49. The first-order valence-electron chi connectivity index (χ1n) is 9.28. The van der Waals surface area contributed by atoms with Gasteiger partial charge in [-0.3, -0.25) is 9.69 Å². The molecule has 1 N–H and O–H groups in total. The number of likely N-dealkylation sites (N-methyl/N-ethyl adjacent to an activating group) is 1. The average molecular weight is 388 g/mol. The van der Waals surface area contributed by atoms with E-state index in [1.54, 1.807) is 25.3 Å². The monoisotopic (exact) mass is 387 g/mol. The third-order valence-corrected chi connectivity index (χ3v) is 5.30. The second-order valence-electron chi connectivity index (χ2n) is 6.62. The molecule has 1 amide bonds. The molecule has 1 saturated heterocycles. The predicted octanol–water partition coefficient (Wildman–Crippen LogP) is 3.67. The Bertz CT molecular complexity index is 761. The van der Waals surface area contributed by atoms with E-state index in [1.807, 2.05) is 30.3 Å². The van der Waals surface area contributed by atoms with Gasteiger partial charge in [-0.25, -0.2) is 0 Å². The van der Waals surface area contributed by atoms with Crippen molar-refractivity contribution in [3.63, 3.8) is 0 Å². The van der Waals surface area contributed by atoms with Gasteiger partial charge in [-0.05, 0) is 30.3 Å². The number of amides is 1. The highest BCUT2D eigenvalue weighted by Gasteiger charge is 2.30. The molecule has 1 aliphatic rings. The number of carbonyl (C=O) groups excluding carboxylic acids is 1. The van der Waals surface area contributed by atoms with Crippen LogP contribution in [-0.2, 0) is 4.79 Å². The zero-order valence-electron chi connectivity index (χ0n) is 15.8. The van der Waals surface area contributed by atoms with Crippen molar-refractivity contribution in [2.24, 2.45) is 0 Å². The first-order chi connectivity index (χ1) is 13.1. The van der Waals surface area contributed by atoms with E-state index in [0.717, 1.165) is 38.3 Å². The highest BCUT2D eigenvalue weighted by atomic mass is 35.5. The molecule has 6 heteroatoms. The van der Waals surface area contributed by atoms with E-state index in [4.69, 9.17) is 16.3 Å². The molecule has 2 aromatic rings. The number of hydrogen-bond acceptors (Lipinski definition) is 4. The molecule has 0 radical (unpaired) electrons. The zero-order chi connectivity index (χ0) is 19.2. The van der Waals surface area contributed by atoms with Crippen LogP contribution in [0.4, 0.5) is 5.69 Å². The van der Waals surface area contributed by atoms with E-state index in [0.29, 0.717) is 16.5 Å². The fourth-order valence-corrected chi connectivity index (χ4v) is 3.71. The van der Waals surface area contributed by atoms with Gasteiger partial charge in [0.15, 0.2) is 0 Å². The number of anilines is 1. The number of hydrogen-bond donors (Lipinski definition) is 1. The van der Waals surface area contributed by atoms with Crippen molar-refractivity contribution >= 4 is 23.2 Å². The number of ether oxygens (including phenoxy) is 1. The number of rotatable bonds is 6. The number of nitrogens with one attached hydrogen (secondary N) is 1. The Kier molecular flexibility index (Phi) is 6.72. The summed E-state index contributed by atoms with van der Waals surface area (Å²) in [5.41, 5.74) is 1.67. The van der Waals surface area contributed by atoms with Crippen LogP contribution in [-0.4, -0.2) is 55.5 Å². The number of piperazine rings is 1. The van der Waals surface area contributed by atoms with Gasteiger partial charge < -0.3 is 15.0 Å². The van der Waals surface area contributed by atoms with Gasteiger partial charge in [0.05, 0.1) is 12.1 Å². The molecule has 0 bridgehead atoms. The van der Waals surface area contributed by atoms with E-state index in [9.17, 15) is 4.79 Å². The molecule has 3 rings (SSSR count). The molecule has 1 heterocycles. The first-order valence-corrected chi connectivity index (χ1v) is 9.66. The van der Waals surface area contributed by atoms with Gasteiger partial charge in [0, 0.05) is 31.9 Å². The quantitative estimate of drug-likeness (QED) is 0.821. The highest BCUT2D eigenvalue weighted by Crippen LogP contribution is 2.29. The molecule has 0 aliphatic carbocycles. The number of benzene rings is 2. The molecular formula is C21H26ClN3O2. The van der Waals surface area contributed by atoms with Crippen molar-refractivity contribution in [1.82, 2.24) is 9.80 Å². The van der Waals surface area contributed by atoms with E-state index < -0.39 is 0 Å². The summed E-state index contributed by atoms with van der Waals surface area (Å²) in [6.45, 7) is 6.89. The molecule has 5 nitrogen and oxygen atoms in total. The maximum absolute atomic E-state index is 13.2. The topological polar surface area (TPSA) is 44.8 Å². The third kappa shape index (κ3) is 4.80.